The van der Waals surface area contributed by atoms with E-state index in [-0.39, 0.29) is 12.2 Å². The fourth-order valence-electron chi connectivity index (χ4n) is 1.34. The lowest BCUT2D eigenvalue weighted by Crippen LogP contribution is -2.21. The van der Waals surface area contributed by atoms with E-state index in [0.29, 0.717) is 0 Å². The van der Waals surface area contributed by atoms with Crippen molar-refractivity contribution in [2.45, 2.75) is 13.3 Å². The van der Waals surface area contributed by atoms with Gasteiger partial charge in [0.15, 0.2) is 11.5 Å². The van der Waals surface area contributed by atoms with Crippen LogP contribution in [-0.4, -0.2) is 29.2 Å². The molecule has 0 heterocycles. The molecule has 0 aromatic heterocycles. The monoisotopic (exact) mass is 264 g/mol. The SMILES string of the molecule is CCOC(=O)C(=O)CC(=O)c1ccccc(=O)c1O. The van der Waals surface area contributed by atoms with Crippen LogP contribution >= 0.6 is 0 Å². The van der Waals surface area contributed by atoms with E-state index in [4.69, 9.17) is 0 Å². The first kappa shape index (κ1) is 14.6. The van der Waals surface area contributed by atoms with E-state index >= 15 is 0 Å². The van der Waals surface area contributed by atoms with Crippen molar-refractivity contribution >= 4 is 17.5 Å². The number of hydrogen-bond acceptors (Lipinski definition) is 6. The van der Waals surface area contributed by atoms with Gasteiger partial charge in [0.25, 0.3) is 0 Å². The minimum atomic E-state index is -1.11. The Kier molecular flexibility index (Phi) is 4.93. The van der Waals surface area contributed by atoms with Crippen LogP contribution < -0.4 is 5.43 Å². The second kappa shape index (κ2) is 6.44. The lowest BCUT2D eigenvalue weighted by molar-refractivity contribution is -0.153. The Bertz CT molecular complexity index is 576. The van der Waals surface area contributed by atoms with Gasteiger partial charge < -0.3 is 9.84 Å². The zero-order valence-electron chi connectivity index (χ0n) is 10.2. The molecule has 1 rings (SSSR count). The summed E-state index contributed by atoms with van der Waals surface area (Å²) in [5.74, 6) is -3.70. The maximum atomic E-state index is 11.7. The topological polar surface area (TPSA) is 97.7 Å². The van der Waals surface area contributed by atoms with Crippen molar-refractivity contribution in [1.29, 1.82) is 0 Å². The Morgan fingerprint density at radius 3 is 2.47 bits per heavy atom. The van der Waals surface area contributed by atoms with Gasteiger partial charge in [0.1, 0.15) is 0 Å². The van der Waals surface area contributed by atoms with Crippen LogP contribution in [0.15, 0.2) is 29.1 Å². The van der Waals surface area contributed by atoms with Gasteiger partial charge in [-0.2, -0.15) is 0 Å². The van der Waals surface area contributed by atoms with Crippen molar-refractivity contribution in [3.8, 4) is 5.75 Å². The van der Waals surface area contributed by atoms with E-state index in [0.717, 1.165) is 6.07 Å². The van der Waals surface area contributed by atoms with Gasteiger partial charge in [-0.3, -0.25) is 14.4 Å². The molecule has 0 spiro atoms. The standard InChI is InChI=1S/C13H12O6/c1-2-19-13(18)11(16)7-10(15)8-5-3-4-6-9(14)12(8)17/h3-6H,2,7H2,1H3,(H,14,17). The van der Waals surface area contributed by atoms with Gasteiger partial charge in [0, 0.05) is 0 Å². The molecule has 0 saturated carbocycles. The molecular formula is C13H12O6. The van der Waals surface area contributed by atoms with Crippen LogP contribution in [0.3, 0.4) is 0 Å². The Morgan fingerprint density at radius 2 is 1.84 bits per heavy atom. The van der Waals surface area contributed by atoms with Crippen LogP contribution in [0.2, 0.25) is 0 Å². The summed E-state index contributed by atoms with van der Waals surface area (Å²) in [5.41, 5.74) is -1.04. The minimum absolute atomic E-state index is 0.0228. The number of carbonyl (C=O) groups is 3. The van der Waals surface area contributed by atoms with E-state index in [1.807, 2.05) is 0 Å². The maximum Gasteiger partial charge on any atom is 0.375 e. The summed E-state index contributed by atoms with van der Waals surface area (Å²) >= 11 is 0. The van der Waals surface area contributed by atoms with E-state index in [9.17, 15) is 24.3 Å². The number of Topliss-reactive ketones (excluding diaryl/α,β-unsaturated/α-hetero) is 2. The Labute approximate surface area is 108 Å². The van der Waals surface area contributed by atoms with Crippen LogP contribution in [0, 0.1) is 0 Å². The zero-order valence-corrected chi connectivity index (χ0v) is 10.2. The molecule has 0 radical (unpaired) electrons. The second-order valence-electron chi connectivity index (χ2n) is 3.59. The number of aromatic hydroxyl groups is 1. The lowest BCUT2D eigenvalue weighted by atomic mass is 10.1. The Hall–Kier alpha value is -2.50. The predicted octanol–water partition coefficient (Wildman–Crippen LogP) is 0.457. The Balaban J connectivity index is 2.95. The maximum absolute atomic E-state index is 11.7. The van der Waals surface area contributed by atoms with Gasteiger partial charge in [0.05, 0.1) is 18.6 Å². The minimum Gasteiger partial charge on any atom is -0.504 e. The van der Waals surface area contributed by atoms with Crippen molar-refractivity contribution in [1.82, 2.24) is 0 Å². The average Bonchev–Trinajstić information content (AvgIpc) is 2.52. The molecule has 0 atom stereocenters. The molecular weight excluding hydrogens is 252 g/mol. The fourth-order valence-corrected chi connectivity index (χ4v) is 1.34. The molecule has 19 heavy (non-hydrogen) atoms. The first-order valence-electron chi connectivity index (χ1n) is 5.52. The highest BCUT2D eigenvalue weighted by Gasteiger charge is 2.21. The first-order chi connectivity index (χ1) is 8.97. The predicted molar refractivity (Wildman–Crippen MR) is 65.0 cm³/mol. The third-order valence-corrected chi connectivity index (χ3v) is 2.23. The highest BCUT2D eigenvalue weighted by atomic mass is 16.5. The van der Waals surface area contributed by atoms with E-state index in [1.165, 1.54) is 25.1 Å². The van der Waals surface area contributed by atoms with Crippen LogP contribution in [0.1, 0.15) is 23.7 Å². The number of esters is 1. The van der Waals surface area contributed by atoms with E-state index in [1.54, 1.807) is 0 Å². The van der Waals surface area contributed by atoms with Crippen molar-refractivity contribution < 1.29 is 24.2 Å². The van der Waals surface area contributed by atoms with Crippen molar-refractivity contribution in [3.63, 3.8) is 0 Å². The molecule has 0 aliphatic heterocycles. The van der Waals surface area contributed by atoms with Gasteiger partial charge in [0.2, 0.25) is 11.2 Å². The summed E-state index contributed by atoms with van der Waals surface area (Å²) in [6.45, 7) is 1.55. The number of ketones is 2. The second-order valence-corrected chi connectivity index (χ2v) is 3.59. The fraction of sp³-hybridized carbons (Fsp3) is 0.231. The lowest BCUT2D eigenvalue weighted by Gasteiger charge is -2.01. The van der Waals surface area contributed by atoms with Crippen molar-refractivity contribution in [2.24, 2.45) is 0 Å². The van der Waals surface area contributed by atoms with Gasteiger partial charge in [-0.05, 0) is 19.1 Å². The van der Waals surface area contributed by atoms with Crippen molar-refractivity contribution in [2.75, 3.05) is 6.61 Å². The highest BCUT2D eigenvalue weighted by Crippen LogP contribution is 2.12. The quantitative estimate of drug-likeness (QED) is 0.359. The number of rotatable bonds is 5. The summed E-state index contributed by atoms with van der Waals surface area (Å²) < 4.78 is 4.45. The number of ether oxygens (including phenoxy) is 1. The summed E-state index contributed by atoms with van der Waals surface area (Å²) in [5, 5.41) is 9.52. The van der Waals surface area contributed by atoms with E-state index < -0.39 is 35.1 Å². The molecule has 0 unspecified atom stereocenters. The molecule has 100 valence electrons. The van der Waals surface area contributed by atoms with Crippen LogP contribution in [0.25, 0.3) is 0 Å². The molecule has 0 fully saturated rings. The summed E-state index contributed by atoms with van der Waals surface area (Å²) in [6.07, 6.45) is -0.754. The van der Waals surface area contributed by atoms with Gasteiger partial charge >= 0.3 is 5.97 Å². The summed E-state index contributed by atoms with van der Waals surface area (Å²) in [4.78, 5) is 45.4. The normalized spacial score (nSPS) is 9.74. The summed E-state index contributed by atoms with van der Waals surface area (Å²) in [6, 6.07) is 5.02. The van der Waals surface area contributed by atoms with Crippen LogP contribution in [0.5, 0.6) is 5.75 Å². The summed E-state index contributed by atoms with van der Waals surface area (Å²) in [7, 11) is 0. The molecule has 6 heteroatoms. The van der Waals surface area contributed by atoms with Crippen LogP contribution in [0.4, 0.5) is 0 Å². The molecule has 6 nitrogen and oxygen atoms in total. The molecule has 1 aromatic rings. The van der Waals surface area contributed by atoms with Crippen LogP contribution in [-0.2, 0) is 14.3 Å². The van der Waals surface area contributed by atoms with Gasteiger partial charge in [-0.15, -0.1) is 0 Å². The van der Waals surface area contributed by atoms with Crippen molar-refractivity contribution in [3.05, 3.63) is 40.1 Å². The molecule has 0 aliphatic rings. The zero-order chi connectivity index (χ0) is 14.4. The molecule has 1 N–H and O–H groups in total. The van der Waals surface area contributed by atoms with Gasteiger partial charge in [-0.25, -0.2) is 4.79 Å². The highest BCUT2D eigenvalue weighted by molar-refractivity contribution is 6.38. The average molecular weight is 264 g/mol. The third-order valence-electron chi connectivity index (χ3n) is 2.23. The largest absolute Gasteiger partial charge is 0.504 e. The molecule has 0 aliphatic carbocycles. The molecule has 1 aromatic carbocycles. The smallest absolute Gasteiger partial charge is 0.375 e. The molecule has 0 bridgehead atoms. The number of hydrogen-bond donors (Lipinski definition) is 1. The number of carbonyl (C=O) groups excluding carboxylic acids is 3. The first-order valence-corrected chi connectivity index (χ1v) is 5.52. The molecule has 0 amide bonds. The molecule has 0 saturated heterocycles. The van der Waals surface area contributed by atoms with E-state index in [2.05, 4.69) is 4.74 Å². The Morgan fingerprint density at radius 1 is 1.21 bits per heavy atom. The third kappa shape index (κ3) is 3.74. The van der Waals surface area contributed by atoms with Gasteiger partial charge in [-0.1, -0.05) is 12.1 Å².